The predicted octanol–water partition coefficient (Wildman–Crippen LogP) is 2.78. The summed E-state index contributed by atoms with van der Waals surface area (Å²) >= 11 is 1.72. The number of benzene rings is 1. The molecule has 1 aromatic heterocycles. The molecule has 0 aliphatic rings. The smallest absolute Gasteiger partial charge is 0.191 e. The maximum atomic E-state index is 5.49. The molecule has 0 aliphatic heterocycles. The van der Waals surface area contributed by atoms with Crippen molar-refractivity contribution in [2.45, 2.75) is 26.8 Å². The number of methoxy groups -OCH3 is 3. The van der Waals surface area contributed by atoms with Crippen LogP contribution >= 0.6 is 11.3 Å². The van der Waals surface area contributed by atoms with Crippen LogP contribution in [0, 0.1) is 6.92 Å². The van der Waals surface area contributed by atoms with Crippen LogP contribution in [0.5, 0.6) is 17.2 Å². The molecule has 0 amide bonds. The molecule has 1 aromatic carbocycles. The minimum atomic E-state index is 0.419. The highest BCUT2D eigenvalue weighted by molar-refractivity contribution is 7.11. The molecule has 0 saturated heterocycles. The van der Waals surface area contributed by atoms with E-state index in [2.05, 4.69) is 27.5 Å². The molecule has 0 unspecified atom stereocenters. The van der Waals surface area contributed by atoms with Crippen molar-refractivity contribution in [3.05, 3.63) is 33.8 Å². The lowest BCUT2D eigenvalue weighted by Crippen LogP contribution is -2.38. The number of guanidine groups is 1. The van der Waals surface area contributed by atoms with Gasteiger partial charge in [0.15, 0.2) is 5.96 Å². The zero-order chi connectivity index (χ0) is 19.6. The molecule has 1 heterocycles. The third kappa shape index (κ3) is 6.02. The fourth-order valence-electron chi connectivity index (χ4n) is 2.54. The Hall–Kier alpha value is -2.48. The van der Waals surface area contributed by atoms with Crippen molar-refractivity contribution in [3.8, 4) is 17.2 Å². The summed E-state index contributed by atoms with van der Waals surface area (Å²) in [5.74, 6) is 2.79. The highest BCUT2D eigenvalue weighted by Gasteiger charge is 2.13. The van der Waals surface area contributed by atoms with Gasteiger partial charge in [-0.2, -0.15) is 0 Å². The minimum absolute atomic E-state index is 0.419. The number of aryl methyl sites for hydroxylation is 1. The number of hydrogen-bond acceptors (Lipinski definition) is 6. The largest absolute Gasteiger partial charge is 0.496 e. The van der Waals surface area contributed by atoms with Gasteiger partial charge in [-0.1, -0.05) is 0 Å². The van der Waals surface area contributed by atoms with Crippen molar-refractivity contribution < 1.29 is 14.2 Å². The summed E-state index contributed by atoms with van der Waals surface area (Å²) in [4.78, 5) is 10.3. The van der Waals surface area contributed by atoms with Crippen LogP contribution in [0.1, 0.15) is 22.4 Å². The molecule has 2 rings (SSSR count). The molecule has 2 N–H and O–H groups in total. The van der Waals surface area contributed by atoms with E-state index >= 15 is 0 Å². The third-order valence-electron chi connectivity index (χ3n) is 3.86. The van der Waals surface area contributed by atoms with Crippen LogP contribution in [-0.2, 0) is 13.0 Å². The van der Waals surface area contributed by atoms with Gasteiger partial charge in [-0.25, -0.2) is 9.98 Å². The molecule has 0 radical (unpaired) electrons. The molecule has 0 bridgehead atoms. The van der Waals surface area contributed by atoms with Gasteiger partial charge >= 0.3 is 0 Å². The monoisotopic (exact) mass is 392 g/mol. The second-order valence-corrected chi connectivity index (χ2v) is 7.07. The van der Waals surface area contributed by atoms with Crippen LogP contribution in [0.3, 0.4) is 0 Å². The Kier molecular flexibility index (Phi) is 8.19. The first-order valence-electron chi connectivity index (χ1n) is 8.83. The molecule has 7 nitrogen and oxygen atoms in total. The number of nitrogens with one attached hydrogen (secondary N) is 2. The van der Waals surface area contributed by atoms with Crippen molar-refractivity contribution in [1.82, 2.24) is 15.6 Å². The van der Waals surface area contributed by atoms with Crippen LogP contribution in [0.25, 0.3) is 0 Å². The summed E-state index contributed by atoms with van der Waals surface area (Å²) in [6, 6.07) is 3.66. The molecule has 0 spiro atoms. The maximum absolute atomic E-state index is 5.49. The Morgan fingerprint density at radius 3 is 2.33 bits per heavy atom. The van der Waals surface area contributed by atoms with Crippen LogP contribution < -0.4 is 24.8 Å². The Morgan fingerprint density at radius 1 is 1.11 bits per heavy atom. The summed E-state index contributed by atoms with van der Waals surface area (Å²) in [5, 5.41) is 7.72. The number of thiazole rings is 1. The first-order valence-corrected chi connectivity index (χ1v) is 9.65. The molecule has 0 aliphatic carbocycles. The molecule has 0 atom stereocenters. The van der Waals surface area contributed by atoms with Gasteiger partial charge in [0.1, 0.15) is 17.2 Å². The maximum Gasteiger partial charge on any atom is 0.191 e. The predicted molar refractivity (Wildman–Crippen MR) is 109 cm³/mol. The van der Waals surface area contributed by atoms with Crippen molar-refractivity contribution in [2.24, 2.45) is 4.99 Å². The average Bonchev–Trinajstić information content (AvgIpc) is 3.10. The fourth-order valence-corrected chi connectivity index (χ4v) is 3.32. The van der Waals surface area contributed by atoms with Gasteiger partial charge in [-0.3, -0.25) is 0 Å². The minimum Gasteiger partial charge on any atom is -0.496 e. The first kappa shape index (κ1) is 20.8. The van der Waals surface area contributed by atoms with Crippen molar-refractivity contribution in [2.75, 3.05) is 34.4 Å². The zero-order valence-corrected chi connectivity index (χ0v) is 17.4. The number of aliphatic imine (C=N–C) groups is 1. The number of nitrogens with zero attached hydrogens (tertiary/aromatic N) is 2. The zero-order valence-electron chi connectivity index (χ0n) is 16.6. The van der Waals surface area contributed by atoms with Gasteiger partial charge < -0.3 is 24.8 Å². The van der Waals surface area contributed by atoms with E-state index in [0.717, 1.165) is 36.0 Å². The van der Waals surface area contributed by atoms with E-state index in [-0.39, 0.29) is 0 Å². The molecule has 148 valence electrons. The second kappa shape index (κ2) is 10.6. The van der Waals surface area contributed by atoms with Gasteiger partial charge in [-0.05, 0) is 13.8 Å². The molecule has 2 aromatic rings. The van der Waals surface area contributed by atoms with E-state index in [1.54, 1.807) is 32.7 Å². The topological polar surface area (TPSA) is 77.0 Å². The average molecular weight is 393 g/mol. The van der Waals surface area contributed by atoms with Crippen LogP contribution in [0.4, 0.5) is 0 Å². The standard InChI is InChI=1S/C19H28N4O3S/c1-6-20-19(21-8-7-18-22-11-13(2)27-18)23-12-15-16(25-4)9-14(24-3)10-17(15)26-5/h9-11H,6-8,12H2,1-5H3,(H2,20,21,23). The molecular weight excluding hydrogens is 364 g/mol. The molecule has 0 fully saturated rings. The van der Waals surface area contributed by atoms with E-state index in [1.807, 2.05) is 25.3 Å². The van der Waals surface area contributed by atoms with Gasteiger partial charge in [0.2, 0.25) is 0 Å². The summed E-state index contributed by atoms with van der Waals surface area (Å²) < 4.78 is 16.3. The Labute approximate surface area is 164 Å². The lowest BCUT2D eigenvalue weighted by atomic mass is 10.1. The van der Waals surface area contributed by atoms with Gasteiger partial charge in [0.05, 0.1) is 38.4 Å². The fraction of sp³-hybridized carbons (Fsp3) is 0.474. The van der Waals surface area contributed by atoms with Crippen molar-refractivity contribution in [3.63, 3.8) is 0 Å². The second-order valence-electron chi connectivity index (χ2n) is 5.75. The third-order valence-corrected chi connectivity index (χ3v) is 4.83. The van der Waals surface area contributed by atoms with Gasteiger partial charge in [0, 0.05) is 42.7 Å². The molecule has 0 saturated carbocycles. The summed E-state index contributed by atoms with van der Waals surface area (Å²) in [7, 11) is 4.87. The lowest BCUT2D eigenvalue weighted by molar-refractivity contribution is 0.369. The van der Waals surface area contributed by atoms with Gasteiger partial charge in [0.25, 0.3) is 0 Å². The first-order chi connectivity index (χ1) is 13.1. The summed E-state index contributed by atoms with van der Waals surface area (Å²) in [5.41, 5.74) is 0.869. The van der Waals surface area contributed by atoms with E-state index in [1.165, 1.54) is 4.88 Å². The number of rotatable bonds is 9. The van der Waals surface area contributed by atoms with Gasteiger partial charge in [-0.15, -0.1) is 11.3 Å². The number of hydrogen-bond donors (Lipinski definition) is 2. The van der Waals surface area contributed by atoms with Crippen molar-refractivity contribution >= 4 is 17.3 Å². The van der Waals surface area contributed by atoms with E-state index in [0.29, 0.717) is 23.8 Å². The van der Waals surface area contributed by atoms with E-state index in [4.69, 9.17) is 14.2 Å². The van der Waals surface area contributed by atoms with Crippen LogP contribution in [0.15, 0.2) is 23.3 Å². The molecule has 27 heavy (non-hydrogen) atoms. The Bertz CT molecular complexity index is 736. The lowest BCUT2D eigenvalue weighted by Gasteiger charge is -2.15. The Morgan fingerprint density at radius 2 is 1.81 bits per heavy atom. The van der Waals surface area contributed by atoms with Crippen molar-refractivity contribution in [1.29, 1.82) is 0 Å². The molecular formula is C19H28N4O3S. The van der Waals surface area contributed by atoms with Crippen LogP contribution in [0.2, 0.25) is 0 Å². The number of ether oxygens (including phenoxy) is 3. The molecule has 8 heteroatoms. The summed E-state index contributed by atoms with van der Waals surface area (Å²) in [6.45, 7) is 6.06. The quantitative estimate of drug-likeness (QED) is 0.505. The Balaban J connectivity index is 2.08. The summed E-state index contributed by atoms with van der Waals surface area (Å²) in [6.07, 6.45) is 2.76. The highest BCUT2D eigenvalue weighted by Crippen LogP contribution is 2.34. The highest BCUT2D eigenvalue weighted by atomic mass is 32.1. The number of aromatic nitrogens is 1. The SMILES string of the molecule is CCNC(=NCc1c(OC)cc(OC)cc1OC)NCCc1ncc(C)s1. The van der Waals surface area contributed by atoms with E-state index < -0.39 is 0 Å². The van der Waals surface area contributed by atoms with Crippen LogP contribution in [-0.4, -0.2) is 45.4 Å². The normalized spacial score (nSPS) is 11.2. The van der Waals surface area contributed by atoms with E-state index in [9.17, 15) is 0 Å².